The third-order valence-electron chi connectivity index (χ3n) is 8.04. The van der Waals surface area contributed by atoms with E-state index in [2.05, 4.69) is 17.0 Å². The Morgan fingerprint density at radius 3 is 2.16 bits per heavy atom. The quantitative estimate of drug-likeness (QED) is 0.490. The highest BCUT2D eigenvalue weighted by atomic mass is 16.5. The smallest absolute Gasteiger partial charge is 0.263 e. The van der Waals surface area contributed by atoms with Gasteiger partial charge >= 0.3 is 0 Å². The van der Waals surface area contributed by atoms with Crippen molar-refractivity contribution < 1.29 is 14.3 Å². The standard InChI is InChI=1S/C30H35N3O4/c1-31-17-7-9-24(28(31)34)29(35)33-20-15-30(16-21-33)13-18-32(19-14-30)22-23-8-3-4-10-25(23)37-27-12-6-5-11-26(27)36-2/h3-12,17H,13-16,18-22H2,1-2H3. The minimum atomic E-state index is -0.226. The van der Waals surface area contributed by atoms with Crippen LogP contribution in [0, 0.1) is 5.41 Å². The normalized spacial score (nSPS) is 17.5. The number of pyridine rings is 1. The number of hydrogen-bond donors (Lipinski definition) is 0. The topological polar surface area (TPSA) is 64.0 Å². The SMILES string of the molecule is COc1ccccc1Oc1ccccc1CN1CCC2(CC1)CCN(C(=O)c1cccn(C)c1=O)CC2. The van der Waals surface area contributed by atoms with Gasteiger partial charge in [-0.1, -0.05) is 30.3 Å². The molecule has 2 saturated heterocycles. The molecule has 2 fully saturated rings. The van der Waals surface area contributed by atoms with Crippen molar-refractivity contribution in [3.63, 3.8) is 0 Å². The van der Waals surface area contributed by atoms with Gasteiger partial charge < -0.3 is 18.9 Å². The molecule has 0 atom stereocenters. The molecular weight excluding hydrogens is 466 g/mol. The first-order valence-corrected chi connectivity index (χ1v) is 13.0. The molecule has 0 bridgehead atoms. The van der Waals surface area contributed by atoms with Gasteiger partial charge in [0.1, 0.15) is 11.3 Å². The molecule has 7 heteroatoms. The van der Waals surface area contributed by atoms with Crippen LogP contribution in [0.25, 0.3) is 0 Å². The third kappa shape index (κ3) is 5.42. The van der Waals surface area contributed by atoms with E-state index in [0.29, 0.717) is 18.8 Å². The predicted molar refractivity (Wildman–Crippen MR) is 143 cm³/mol. The van der Waals surface area contributed by atoms with Crippen LogP contribution < -0.4 is 15.0 Å². The van der Waals surface area contributed by atoms with Gasteiger partial charge in [0.25, 0.3) is 11.5 Å². The number of carbonyl (C=O) groups is 1. The van der Waals surface area contributed by atoms with Crippen molar-refractivity contribution in [3.05, 3.63) is 88.3 Å². The van der Waals surface area contributed by atoms with Gasteiger partial charge in [0.15, 0.2) is 11.5 Å². The lowest BCUT2D eigenvalue weighted by Gasteiger charge is -2.47. The van der Waals surface area contributed by atoms with Crippen molar-refractivity contribution in [2.75, 3.05) is 33.3 Å². The summed E-state index contributed by atoms with van der Waals surface area (Å²) in [6.07, 6.45) is 5.91. The molecule has 0 N–H and O–H groups in total. The molecule has 0 radical (unpaired) electrons. The zero-order valence-corrected chi connectivity index (χ0v) is 21.7. The van der Waals surface area contributed by atoms with Crippen molar-refractivity contribution in [2.45, 2.75) is 32.2 Å². The van der Waals surface area contributed by atoms with Gasteiger partial charge in [-0.25, -0.2) is 0 Å². The highest BCUT2D eigenvalue weighted by Gasteiger charge is 2.39. The van der Waals surface area contributed by atoms with E-state index in [1.807, 2.05) is 41.3 Å². The molecule has 0 unspecified atom stereocenters. The molecule has 2 aromatic carbocycles. The molecule has 0 aliphatic carbocycles. The van der Waals surface area contributed by atoms with Crippen molar-refractivity contribution in [1.82, 2.24) is 14.4 Å². The minimum Gasteiger partial charge on any atom is -0.493 e. The second kappa shape index (κ2) is 10.8. The maximum absolute atomic E-state index is 13.0. The summed E-state index contributed by atoms with van der Waals surface area (Å²) in [6.45, 7) is 4.31. The fraction of sp³-hybridized carbons (Fsp3) is 0.400. The molecule has 3 aromatic rings. The molecule has 2 aliphatic heterocycles. The van der Waals surface area contributed by atoms with Crippen LogP contribution >= 0.6 is 0 Å². The van der Waals surface area contributed by atoms with E-state index in [0.717, 1.165) is 62.4 Å². The molecule has 1 spiro atoms. The van der Waals surface area contributed by atoms with Crippen LogP contribution in [0.5, 0.6) is 17.2 Å². The lowest BCUT2D eigenvalue weighted by Crippen LogP contribution is -2.48. The number of nitrogens with zero attached hydrogens (tertiary/aromatic N) is 3. The fourth-order valence-corrected chi connectivity index (χ4v) is 5.60. The predicted octanol–water partition coefficient (Wildman–Crippen LogP) is 4.70. The summed E-state index contributed by atoms with van der Waals surface area (Å²) in [5.41, 5.74) is 1.48. The van der Waals surface area contributed by atoms with E-state index < -0.39 is 0 Å². The van der Waals surface area contributed by atoms with E-state index in [1.54, 1.807) is 32.5 Å². The Balaban J connectivity index is 1.18. The number of amides is 1. The lowest BCUT2D eigenvalue weighted by atomic mass is 9.71. The van der Waals surface area contributed by atoms with Gasteiger partial charge in [0.2, 0.25) is 0 Å². The first kappa shape index (κ1) is 25.1. The van der Waals surface area contributed by atoms with Gasteiger partial charge in [-0.3, -0.25) is 14.5 Å². The number of likely N-dealkylation sites (tertiary alicyclic amines) is 2. The van der Waals surface area contributed by atoms with E-state index in [-0.39, 0.29) is 22.4 Å². The second-order valence-electron chi connectivity index (χ2n) is 10.3. The van der Waals surface area contributed by atoms with Crippen molar-refractivity contribution in [1.29, 1.82) is 0 Å². The zero-order valence-electron chi connectivity index (χ0n) is 21.7. The van der Waals surface area contributed by atoms with Crippen LogP contribution in [-0.4, -0.2) is 53.6 Å². The number of benzene rings is 2. The van der Waals surface area contributed by atoms with Crippen molar-refractivity contribution in [2.24, 2.45) is 12.5 Å². The number of hydrogen-bond acceptors (Lipinski definition) is 5. The van der Waals surface area contributed by atoms with Gasteiger partial charge in [0, 0.05) is 38.4 Å². The highest BCUT2D eigenvalue weighted by Crippen LogP contribution is 2.42. The summed E-state index contributed by atoms with van der Waals surface area (Å²) in [5, 5.41) is 0. The Kier molecular flexibility index (Phi) is 7.33. The zero-order chi connectivity index (χ0) is 25.8. The molecule has 1 amide bonds. The molecule has 5 rings (SSSR count). The number of aryl methyl sites for hydroxylation is 1. The minimum absolute atomic E-state index is 0.139. The molecule has 7 nitrogen and oxygen atoms in total. The average molecular weight is 502 g/mol. The summed E-state index contributed by atoms with van der Waals surface area (Å²) in [6, 6.07) is 19.3. The molecule has 194 valence electrons. The Morgan fingerprint density at radius 2 is 1.46 bits per heavy atom. The molecule has 0 saturated carbocycles. The van der Waals surface area contributed by atoms with Crippen LogP contribution in [-0.2, 0) is 13.6 Å². The van der Waals surface area contributed by atoms with Crippen LogP contribution in [0.4, 0.5) is 0 Å². The second-order valence-corrected chi connectivity index (χ2v) is 10.3. The van der Waals surface area contributed by atoms with Gasteiger partial charge in [-0.2, -0.15) is 0 Å². The Hall–Kier alpha value is -3.58. The summed E-state index contributed by atoms with van der Waals surface area (Å²) in [4.78, 5) is 29.7. The number of ether oxygens (including phenoxy) is 2. The number of aromatic nitrogens is 1. The summed E-state index contributed by atoms with van der Waals surface area (Å²) in [7, 11) is 3.34. The maximum Gasteiger partial charge on any atom is 0.263 e. The summed E-state index contributed by atoms with van der Waals surface area (Å²) < 4.78 is 13.2. The summed E-state index contributed by atoms with van der Waals surface area (Å²) >= 11 is 0. The first-order chi connectivity index (χ1) is 18.0. The van der Waals surface area contributed by atoms with Crippen molar-refractivity contribution >= 4 is 5.91 Å². The van der Waals surface area contributed by atoms with Gasteiger partial charge in [-0.05, 0) is 74.5 Å². The monoisotopic (exact) mass is 501 g/mol. The molecular formula is C30H35N3O4. The van der Waals surface area contributed by atoms with Crippen LogP contribution in [0.2, 0.25) is 0 Å². The highest BCUT2D eigenvalue weighted by molar-refractivity contribution is 5.93. The van der Waals surface area contributed by atoms with E-state index in [4.69, 9.17) is 9.47 Å². The maximum atomic E-state index is 13.0. The Labute approximate surface area is 218 Å². The number of carbonyl (C=O) groups excluding carboxylic acids is 1. The molecule has 2 aliphatic rings. The Morgan fingerprint density at radius 1 is 0.838 bits per heavy atom. The average Bonchev–Trinajstić information content (AvgIpc) is 2.93. The number of piperidine rings is 2. The molecule has 1 aromatic heterocycles. The van der Waals surface area contributed by atoms with Crippen LogP contribution in [0.1, 0.15) is 41.6 Å². The number of para-hydroxylation sites is 3. The lowest BCUT2D eigenvalue weighted by molar-refractivity contribution is 0.0283. The first-order valence-electron chi connectivity index (χ1n) is 13.0. The largest absolute Gasteiger partial charge is 0.493 e. The van der Waals surface area contributed by atoms with Gasteiger partial charge in [0.05, 0.1) is 7.11 Å². The van der Waals surface area contributed by atoms with Gasteiger partial charge in [-0.15, -0.1) is 0 Å². The third-order valence-corrected chi connectivity index (χ3v) is 8.04. The fourth-order valence-electron chi connectivity index (χ4n) is 5.60. The number of rotatable bonds is 6. The molecule has 3 heterocycles. The summed E-state index contributed by atoms with van der Waals surface area (Å²) in [5.74, 6) is 2.14. The Bertz CT molecular complexity index is 1300. The van der Waals surface area contributed by atoms with Crippen LogP contribution in [0.15, 0.2) is 71.7 Å². The molecule has 37 heavy (non-hydrogen) atoms. The van der Waals surface area contributed by atoms with E-state index in [1.165, 1.54) is 4.57 Å². The van der Waals surface area contributed by atoms with E-state index >= 15 is 0 Å². The van der Waals surface area contributed by atoms with Crippen molar-refractivity contribution in [3.8, 4) is 17.2 Å². The van der Waals surface area contributed by atoms with E-state index in [9.17, 15) is 9.59 Å². The van der Waals surface area contributed by atoms with Crippen LogP contribution in [0.3, 0.4) is 0 Å². The number of methoxy groups -OCH3 is 1.